The van der Waals surface area contributed by atoms with Gasteiger partial charge in [0.2, 0.25) is 5.82 Å². The highest BCUT2D eigenvalue weighted by atomic mass is 16.5. The lowest BCUT2D eigenvalue weighted by Gasteiger charge is -2.08. The Hall–Kier alpha value is -3.93. The van der Waals surface area contributed by atoms with Crippen LogP contribution in [-0.2, 0) is 0 Å². The van der Waals surface area contributed by atoms with Crippen LogP contribution in [0.5, 0.6) is 5.75 Å². The first-order valence-corrected chi connectivity index (χ1v) is 10.2. The summed E-state index contributed by atoms with van der Waals surface area (Å²) in [5, 5.41) is 7.45. The highest BCUT2D eigenvalue weighted by Crippen LogP contribution is 2.24. The highest BCUT2D eigenvalue weighted by molar-refractivity contribution is 6.02. The SMILES string of the molecule is CCOc1ccc(-n2nc(C(=O)Nc3ccccc3C)nc2-c2cccc(C)c2)cc1. The van der Waals surface area contributed by atoms with Crippen molar-refractivity contribution in [1.82, 2.24) is 14.8 Å². The molecule has 0 aliphatic heterocycles. The third kappa shape index (κ3) is 4.48. The maximum Gasteiger partial charge on any atom is 0.295 e. The fraction of sp³-hybridized carbons (Fsp3) is 0.160. The molecular formula is C25H24N4O2. The Morgan fingerprint density at radius 3 is 2.48 bits per heavy atom. The van der Waals surface area contributed by atoms with Crippen LogP contribution in [0.15, 0.2) is 72.8 Å². The number of anilines is 1. The Kier molecular flexibility index (Phi) is 5.80. The van der Waals surface area contributed by atoms with Gasteiger partial charge >= 0.3 is 0 Å². The summed E-state index contributed by atoms with van der Waals surface area (Å²) in [6.45, 7) is 6.51. The predicted octanol–water partition coefficient (Wildman–Crippen LogP) is 5.20. The monoisotopic (exact) mass is 412 g/mol. The van der Waals surface area contributed by atoms with Crippen LogP contribution in [0.2, 0.25) is 0 Å². The van der Waals surface area contributed by atoms with E-state index >= 15 is 0 Å². The molecule has 1 N–H and O–H groups in total. The molecule has 0 unspecified atom stereocenters. The van der Waals surface area contributed by atoms with Gasteiger partial charge in [-0.3, -0.25) is 4.79 Å². The van der Waals surface area contributed by atoms with Crippen LogP contribution in [0.1, 0.15) is 28.7 Å². The molecule has 0 saturated heterocycles. The third-order valence-corrected chi connectivity index (χ3v) is 4.87. The van der Waals surface area contributed by atoms with Crippen LogP contribution in [0.3, 0.4) is 0 Å². The van der Waals surface area contributed by atoms with Gasteiger partial charge in [-0.25, -0.2) is 9.67 Å². The molecule has 0 radical (unpaired) electrons. The molecule has 1 heterocycles. The Bertz CT molecular complexity index is 1210. The minimum atomic E-state index is -0.354. The van der Waals surface area contributed by atoms with Gasteiger partial charge in [-0.1, -0.05) is 42.0 Å². The average molecular weight is 412 g/mol. The molecule has 4 rings (SSSR count). The molecule has 0 aliphatic rings. The molecule has 4 aromatic rings. The van der Waals surface area contributed by atoms with Crippen molar-refractivity contribution in [2.45, 2.75) is 20.8 Å². The summed E-state index contributed by atoms with van der Waals surface area (Å²) < 4.78 is 7.23. The van der Waals surface area contributed by atoms with E-state index in [1.165, 1.54) is 0 Å². The summed E-state index contributed by atoms with van der Waals surface area (Å²) in [6, 6.07) is 23.2. The summed E-state index contributed by atoms with van der Waals surface area (Å²) in [4.78, 5) is 17.5. The first kappa shape index (κ1) is 20.3. The van der Waals surface area contributed by atoms with Crippen LogP contribution in [-0.4, -0.2) is 27.3 Å². The second-order valence-corrected chi connectivity index (χ2v) is 7.24. The number of nitrogens with one attached hydrogen (secondary N) is 1. The van der Waals surface area contributed by atoms with Gasteiger partial charge in [0, 0.05) is 11.3 Å². The standard InChI is InChI=1S/C25H24N4O2/c1-4-31-21-14-12-20(13-15-21)29-24(19-10-7-8-17(2)16-19)27-23(28-29)25(30)26-22-11-6-5-9-18(22)3/h5-16H,4H2,1-3H3,(H,26,30). The molecule has 1 amide bonds. The number of carbonyl (C=O) groups excluding carboxylic acids is 1. The quantitative estimate of drug-likeness (QED) is 0.472. The van der Waals surface area contributed by atoms with Crippen molar-refractivity contribution in [3.05, 3.63) is 89.7 Å². The summed E-state index contributed by atoms with van der Waals surface area (Å²) in [7, 11) is 0. The molecule has 6 nitrogen and oxygen atoms in total. The van der Waals surface area contributed by atoms with Crippen LogP contribution < -0.4 is 10.1 Å². The van der Waals surface area contributed by atoms with Crippen LogP contribution >= 0.6 is 0 Å². The van der Waals surface area contributed by atoms with Gasteiger partial charge in [0.1, 0.15) is 5.75 Å². The van der Waals surface area contributed by atoms with Crippen molar-refractivity contribution >= 4 is 11.6 Å². The smallest absolute Gasteiger partial charge is 0.295 e. The minimum Gasteiger partial charge on any atom is -0.494 e. The Morgan fingerprint density at radius 2 is 1.77 bits per heavy atom. The molecule has 0 fully saturated rings. The van der Waals surface area contributed by atoms with E-state index in [1.807, 2.05) is 93.6 Å². The summed E-state index contributed by atoms with van der Waals surface area (Å²) >= 11 is 0. The first-order chi connectivity index (χ1) is 15.0. The van der Waals surface area contributed by atoms with Crippen molar-refractivity contribution in [3.63, 3.8) is 0 Å². The number of hydrogen-bond acceptors (Lipinski definition) is 4. The number of nitrogens with zero attached hydrogens (tertiary/aromatic N) is 3. The Balaban J connectivity index is 1.75. The number of aryl methyl sites for hydroxylation is 2. The molecule has 0 spiro atoms. The van der Waals surface area contributed by atoms with Gasteiger partial charge in [0.15, 0.2) is 5.82 Å². The number of rotatable bonds is 6. The number of aromatic nitrogens is 3. The first-order valence-electron chi connectivity index (χ1n) is 10.2. The number of para-hydroxylation sites is 1. The molecular weight excluding hydrogens is 388 g/mol. The lowest BCUT2D eigenvalue weighted by atomic mass is 10.1. The topological polar surface area (TPSA) is 69.0 Å². The zero-order valence-electron chi connectivity index (χ0n) is 17.8. The van der Waals surface area contributed by atoms with Crippen LogP contribution in [0.25, 0.3) is 17.1 Å². The summed E-state index contributed by atoms with van der Waals surface area (Å²) in [5.41, 5.74) is 4.49. The molecule has 1 aromatic heterocycles. The van der Waals surface area contributed by atoms with E-state index in [-0.39, 0.29) is 11.7 Å². The fourth-order valence-corrected chi connectivity index (χ4v) is 3.30. The van der Waals surface area contributed by atoms with Crippen molar-refractivity contribution in [2.24, 2.45) is 0 Å². The van der Waals surface area contributed by atoms with Crippen LogP contribution in [0.4, 0.5) is 5.69 Å². The van der Waals surface area contributed by atoms with Gasteiger partial charge < -0.3 is 10.1 Å². The van der Waals surface area contributed by atoms with Crippen molar-refractivity contribution in [2.75, 3.05) is 11.9 Å². The summed E-state index contributed by atoms with van der Waals surface area (Å²) in [6.07, 6.45) is 0. The molecule has 0 bridgehead atoms. The average Bonchev–Trinajstić information content (AvgIpc) is 3.22. The van der Waals surface area contributed by atoms with Crippen molar-refractivity contribution < 1.29 is 9.53 Å². The zero-order valence-corrected chi connectivity index (χ0v) is 17.8. The van der Waals surface area contributed by atoms with E-state index in [9.17, 15) is 4.79 Å². The molecule has 156 valence electrons. The van der Waals surface area contributed by atoms with Crippen LogP contribution in [0, 0.1) is 13.8 Å². The van der Waals surface area contributed by atoms with Gasteiger partial charge in [-0.2, -0.15) is 0 Å². The van der Waals surface area contributed by atoms with Crippen molar-refractivity contribution in [3.8, 4) is 22.8 Å². The molecule has 0 aliphatic carbocycles. The van der Waals surface area contributed by atoms with Gasteiger partial charge in [0.25, 0.3) is 5.91 Å². The maximum atomic E-state index is 12.9. The molecule has 3 aromatic carbocycles. The molecule has 31 heavy (non-hydrogen) atoms. The van der Waals surface area contributed by atoms with E-state index in [2.05, 4.69) is 15.4 Å². The van der Waals surface area contributed by atoms with Gasteiger partial charge in [-0.05, 0) is 62.7 Å². The second kappa shape index (κ2) is 8.83. The Labute approximate surface area is 181 Å². The second-order valence-electron chi connectivity index (χ2n) is 7.24. The van der Waals surface area contributed by atoms with E-state index in [4.69, 9.17) is 4.74 Å². The number of benzene rings is 3. The predicted molar refractivity (Wildman–Crippen MR) is 122 cm³/mol. The van der Waals surface area contributed by atoms with E-state index in [0.717, 1.165) is 33.8 Å². The molecule has 6 heteroatoms. The number of ether oxygens (including phenoxy) is 1. The lowest BCUT2D eigenvalue weighted by Crippen LogP contribution is -2.15. The van der Waals surface area contributed by atoms with Gasteiger partial charge in [-0.15, -0.1) is 5.10 Å². The normalized spacial score (nSPS) is 10.7. The van der Waals surface area contributed by atoms with E-state index in [1.54, 1.807) is 4.68 Å². The number of hydrogen-bond donors (Lipinski definition) is 1. The van der Waals surface area contributed by atoms with E-state index < -0.39 is 0 Å². The largest absolute Gasteiger partial charge is 0.494 e. The summed E-state index contributed by atoms with van der Waals surface area (Å²) in [5.74, 6) is 1.13. The fourth-order valence-electron chi connectivity index (χ4n) is 3.30. The van der Waals surface area contributed by atoms with Gasteiger partial charge in [0.05, 0.1) is 12.3 Å². The molecule has 0 atom stereocenters. The van der Waals surface area contributed by atoms with E-state index in [0.29, 0.717) is 12.4 Å². The lowest BCUT2D eigenvalue weighted by molar-refractivity contribution is 0.101. The number of carbonyl (C=O) groups is 1. The Morgan fingerprint density at radius 1 is 1.00 bits per heavy atom. The third-order valence-electron chi connectivity index (χ3n) is 4.87. The zero-order chi connectivity index (χ0) is 21.8. The maximum absolute atomic E-state index is 12.9. The molecule has 0 saturated carbocycles. The highest BCUT2D eigenvalue weighted by Gasteiger charge is 2.19. The minimum absolute atomic E-state index is 0.105. The number of amides is 1. The van der Waals surface area contributed by atoms with Crippen molar-refractivity contribution in [1.29, 1.82) is 0 Å².